The number of halogens is 1. The maximum absolute atomic E-state index is 12.3. The average Bonchev–Trinajstić information content (AvgIpc) is 2.64. The summed E-state index contributed by atoms with van der Waals surface area (Å²) in [6, 6.07) is 13.5. The van der Waals surface area contributed by atoms with E-state index in [1.807, 2.05) is 12.1 Å². The van der Waals surface area contributed by atoms with Gasteiger partial charge in [-0.2, -0.15) is 0 Å². The van der Waals surface area contributed by atoms with Crippen molar-refractivity contribution in [1.29, 1.82) is 0 Å². The first-order valence-corrected chi connectivity index (χ1v) is 10.4. The molecule has 0 bridgehead atoms. The van der Waals surface area contributed by atoms with Gasteiger partial charge in [0.2, 0.25) is 15.9 Å². The van der Waals surface area contributed by atoms with E-state index in [4.69, 9.17) is 21.1 Å². The van der Waals surface area contributed by atoms with Crippen LogP contribution in [0.25, 0.3) is 0 Å². The maximum atomic E-state index is 12.3. The molecule has 0 saturated heterocycles. The predicted octanol–water partition coefficient (Wildman–Crippen LogP) is 2.06. The van der Waals surface area contributed by atoms with Gasteiger partial charge in [0.25, 0.3) is 0 Å². The maximum Gasteiger partial charge on any atom is 0.240 e. The van der Waals surface area contributed by atoms with Crippen molar-refractivity contribution >= 4 is 33.2 Å². The van der Waals surface area contributed by atoms with Gasteiger partial charge >= 0.3 is 0 Å². The highest BCUT2D eigenvalue weighted by atomic mass is 35.5. The summed E-state index contributed by atoms with van der Waals surface area (Å²) in [5, 5.41) is 3.17. The van der Waals surface area contributed by atoms with Gasteiger partial charge < -0.3 is 14.8 Å². The van der Waals surface area contributed by atoms with Crippen LogP contribution in [0.15, 0.2) is 48.5 Å². The number of ether oxygens (including phenoxy) is 2. The summed E-state index contributed by atoms with van der Waals surface area (Å²) >= 11 is 5.84. The highest BCUT2D eigenvalue weighted by molar-refractivity contribution is 7.92. The summed E-state index contributed by atoms with van der Waals surface area (Å²) in [5.41, 5.74) is 0.364. The summed E-state index contributed by atoms with van der Waals surface area (Å²) in [6.45, 7) is 0.153. The van der Waals surface area contributed by atoms with E-state index in [2.05, 4.69) is 5.32 Å². The monoisotopic (exact) mass is 410 g/mol. The van der Waals surface area contributed by atoms with Crippen LogP contribution in [0.1, 0.15) is 0 Å². The van der Waals surface area contributed by atoms with Crippen molar-refractivity contribution in [1.82, 2.24) is 5.32 Å². The molecule has 0 unspecified atom stereocenters. The molecule has 1 N–H and O–H groups in total. The minimum Gasteiger partial charge on any atom is -0.486 e. The zero-order valence-corrected chi connectivity index (χ0v) is 16.2. The molecule has 1 atom stereocenters. The Bertz CT molecular complexity index is 918. The van der Waals surface area contributed by atoms with Crippen molar-refractivity contribution in [3.8, 4) is 11.5 Å². The van der Waals surface area contributed by atoms with E-state index in [9.17, 15) is 13.2 Å². The van der Waals surface area contributed by atoms with E-state index in [0.29, 0.717) is 28.8 Å². The SMILES string of the molecule is CS(=O)(=O)N(CC(=O)NC[C@H]1COc2ccccc2O1)c1ccc(Cl)cc1. The second-order valence-electron chi connectivity index (χ2n) is 6.05. The molecule has 0 aromatic heterocycles. The molecule has 7 nitrogen and oxygen atoms in total. The van der Waals surface area contributed by atoms with Crippen LogP contribution in [0.3, 0.4) is 0 Å². The normalized spacial score (nSPS) is 15.9. The molecular weight excluding hydrogens is 392 g/mol. The van der Waals surface area contributed by atoms with Crippen molar-refractivity contribution in [2.24, 2.45) is 0 Å². The highest BCUT2D eigenvalue weighted by Crippen LogP contribution is 2.30. The molecule has 1 heterocycles. The van der Waals surface area contributed by atoms with Gasteiger partial charge in [0.05, 0.1) is 18.5 Å². The van der Waals surface area contributed by atoms with Crippen molar-refractivity contribution in [3.05, 3.63) is 53.6 Å². The minimum atomic E-state index is -3.64. The van der Waals surface area contributed by atoms with Crippen LogP contribution in [-0.4, -0.2) is 46.4 Å². The molecule has 0 fully saturated rings. The third-order valence-electron chi connectivity index (χ3n) is 3.90. The second-order valence-corrected chi connectivity index (χ2v) is 8.39. The van der Waals surface area contributed by atoms with Crippen LogP contribution in [-0.2, 0) is 14.8 Å². The standard InChI is InChI=1S/C18H19ClN2O5S/c1-27(23,24)21(14-8-6-13(19)7-9-14)11-18(22)20-10-15-12-25-16-4-2-3-5-17(16)26-15/h2-9,15H,10-12H2,1H3,(H,20,22)/t15-/m0/s1. The summed E-state index contributed by atoms with van der Waals surface area (Å²) in [6.07, 6.45) is 0.690. The molecule has 1 amide bonds. The lowest BCUT2D eigenvalue weighted by Gasteiger charge is -2.27. The molecule has 0 saturated carbocycles. The Hall–Kier alpha value is -2.45. The van der Waals surface area contributed by atoms with Crippen LogP contribution >= 0.6 is 11.6 Å². The quantitative estimate of drug-likeness (QED) is 0.787. The lowest BCUT2D eigenvalue weighted by molar-refractivity contribution is -0.120. The summed E-state index contributed by atoms with van der Waals surface area (Å²) in [7, 11) is -3.64. The van der Waals surface area contributed by atoms with E-state index < -0.39 is 15.9 Å². The van der Waals surface area contributed by atoms with E-state index in [-0.39, 0.29) is 19.2 Å². The Morgan fingerprint density at radius 3 is 2.52 bits per heavy atom. The van der Waals surface area contributed by atoms with E-state index >= 15 is 0 Å². The van der Waals surface area contributed by atoms with E-state index in [0.717, 1.165) is 10.6 Å². The number of carbonyl (C=O) groups is 1. The minimum absolute atomic E-state index is 0.200. The topological polar surface area (TPSA) is 84.9 Å². The number of fused-ring (bicyclic) bond motifs is 1. The molecule has 0 spiro atoms. The smallest absolute Gasteiger partial charge is 0.240 e. The molecule has 0 radical (unpaired) electrons. The van der Waals surface area contributed by atoms with Gasteiger partial charge in [0.1, 0.15) is 19.3 Å². The van der Waals surface area contributed by atoms with Crippen LogP contribution in [0, 0.1) is 0 Å². The third-order valence-corrected chi connectivity index (χ3v) is 5.29. The Balaban J connectivity index is 1.59. The van der Waals surface area contributed by atoms with Crippen LogP contribution in [0.2, 0.25) is 5.02 Å². The van der Waals surface area contributed by atoms with Crippen molar-refractivity contribution in [2.45, 2.75) is 6.10 Å². The highest BCUT2D eigenvalue weighted by Gasteiger charge is 2.24. The van der Waals surface area contributed by atoms with Crippen LogP contribution in [0.5, 0.6) is 11.5 Å². The molecule has 2 aromatic rings. The van der Waals surface area contributed by atoms with Gasteiger partial charge in [0.15, 0.2) is 11.5 Å². The van der Waals surface area contributed by atoms with Crippen LogP contribution < -0.4 is 19.1 Å². The predicted molar refractivity (Wildman–Crippen MR) is 103 cm³/mol. The van der Waals surface area contributed by atoms with Crippen molar-refractivity contribution in [2.75, 3.05) is 30.3 Å². The number of nitrogens with one attached hydrogen (secondary N) is 1. The third kappa shape index (κ3) is 5.05. The number of carbonyl (C=O) groups excluding carboxylic acids is 1. The van der Waals surface area contributed by atoms with Crippen molar-refractivity contribution < 1.29 is 22.7 Å². The van der Waals surface area contributed by atoms with Gasteiger partial charge in [-0.1, -0.05) is 23.7 Å². The Morgan fingerprint density at radius 2 is 1.85 bits per heavy atom. The van der Waals surface area contributed by atoms with Crippen molar-refractivity contribution in [3.63, 3.8) is 0 Å². The molecule has 2 aromatic carbocycles. The molecule has 1 aliphatic rings. The van der Waals surface area contributed by atoms with Gasteiger partial charge in [-0.3, -0.25) is 9.10 Å². The summed E-state index contributed by atoms with van der Waals surface area (Å²) in [5.74, 6) is 0.825. The lowest BCUT2D eigenvalue weighted by atomic mass is 10.2. The fourth-order valence-electron chi connectivity index (χ4n) is 2.59. The number of anilines is 1. The van der Waals surface area contributed by atoms with Crippen LogP contribution in [0.4, 0.5) is 5.69 Å². The number of nitrogens with zero attached hydrogens (tertiary/aromatic N) is 1. The number of amides is 1. The number of hydrogen-bond donors (Lipinski definition) is 1. The molecular formula is C18H19ClN2O5S. The number of sulfonamides is 1. The fraction of sp³-hybridized carbons (Fsp3) is 0.278. The Morgan fingerprint density at radius 1 is 1.19 bits per heavy atom. The van der Waals surface area contributed by atoms with Gasteiger partial charge in [-0.15, -0.1) is 0 Å². The fourth-order valence-corrected chi connectivity index (χ4v) is 3.57. The molecule has 3 rings (SSSR count). The first-order valence-electron chi connectivity index (χ1n) is 8.21. The number of hydrogen-bond acceptors (Lipinski definition) is 5. The first kappa shape index (κ1) is 19.3. The number of para-hydroxylation sites is 2. The Kier molecular flexibility index (Phi) is 5.76. The molecule has 0 aliphatic carbocycles. The zero-order chi connectivity index (χ0) is 19.4. The second kappa shape index (κ2) is 8.06. The van der Waals surface area contributed by atoms with Gasteiger partial charge in [0, 0.05) is 5.02 Å². The zero-order valence-electron chi connectivity index (χ0n) is 14.6. The summed E-state index contributed by atoms with van der Waals surface area (Å²) in [4.78, 5) is 12.3. The average molecular weight is 411 g/mol. The lowest BCUT2D eigenvalue weighted by Crippen LogP contribution is -2.45. The molecule has 27 heavy (non-hydrogen) atoms. The molecule has 144 valence electrons. The summed E-state index contributed by atoms with van der Waals surface area (Å²) < 4.78 is 36.5. The Labute approximate surface area is 162 Å². The molecule has 9 heteroatoms. The molecule has 1 aliphatic heterocycles. The largest absolute Gasteiger partial charge is 0.486 e. The van der Waals surface area contributed by atoms with E-state index in [1.54, 1.807) is 36.4 Å². The van der Waals surface area contributed by atoms with E-state index in [1.165, 1.54) is 0 Å². The van der Waals surface area contributed by atoms with Gasteiger partial charge in [-0.05, 0) is 36.4 Å². The number of rotatable bonds is 6. The number of benzene rings is 2. The van der Waals surface area contributed by atoms with Gasteiger partial charge in [-0.25, -0.2) is 8.42 Å². The first-order chi connectivity index (χ1) is 12.8.